The molecule has 0 spiro atoms. The minimum atomic E-state index is -0.131. The van der Waals surface area contributed by atoms with Crippen LogP contribution in [0.5, 0.6) is 0 Å². The van der Waals surface area contributed by atoms with Gasteiger partial charge in [-0.1, -0.05) is 160 Å². The van der Waals surface area contributed by atoms with Crippen LogP contribution in [0.3, 0.4) is 0 Å². The van der Waals surface area contributed by atoms with E-state index in [2.05, 4.69) is 92.2 Å². The maximum atomic E-state index is 11.7. The lowest BCUT2D eigenvalue weighted by Crippen LogP contribution is -2.09. The maximum absolute atomic E-state index is 11.7. The first-order valence-corrected chi connectivity index (χ1v) is 36.5. The molecule has 3 aliphatic rings. The van der Waals surface area contributed by atoms with Crippen molar-refractivity contribution in [2.75, 3.05) is 16.0 Å². The van der Waals surface area contributed by atoms with Crippen molar-refractivity contribution < 1.29 is 0 Å². The Morgan fingerprint density at radius 2 is 0.690 bits per heavy atom. The van der Waals surface area contributed by atoms with Crippen LogP contribution in [0.25, 0.3) is 50.7 Å². The van der Waals surface area contributed by atoms with Gasteiger partial charge in [0.1, 0.15) is 5.82 Å². The number of aromatic nitrogens is 12. The van der Waals surface area contributed by atoms with Crippen LogP contribution >= 0.6 is 0 Å². The minimum Gasteiger partial charge on any atom is -0.352 e. The van der Waals surface area contributed by atoms with Gasteiger partial charge in [-0.3, -0.25) is 32.6 Å². The number of benzene rings is 1. The minimum absolute atomic E-state index is 0. The fourth-order valence-corrected chi connectivity index (χ4v) is 12.7. The van der Waals surface area contributed by atoms with Gasteiger partial charge >= 0.3 is 0 Å². The highest BCUT2D eigenvalue weighted by atomic mass is 16.1. The summed E-state index contributed by atoms with van der Waals surface area (Å²) in [5, 5.41) is 10.3. The van der Waals surface area contributed by atoms with Crippen LogP contribution in [0.1, 0.15) is 222 Å². The van der Waals surface area contributed by atoms with Crippen LogP contribution in [-0.2, 0) is 0 Å². The molecule has 0 radical (unpaired) electrons. The molecule has 0 atom stereocenters. The summed E-state index contributed by atoms with van der Waals surface area (Å²) >= 11 is 0. The maximum Gasteiger partial charge on any atom is 0.248 e. The standard InChI is InChI=1S/C24H24N4O.C23H23N5O.C22H22N6O.6C2H6.CH4/c29-23-16-19(12-13-25-23)22-11-10-21(24-26-14-15-28(22)24)27-20-8-6-18(7-9-20)17-4-2-1-3-5-17;29-22-14-17(10-11-24-22)21-9-8-20(23-25-12-13-28(21)23)27-18-6-7-19(26-15-18)16-4-2-1-3-5-16;29-20-12-16(8-9-23-20)19-7-6-18(22-24-10-11-28(19)22)27-17-13-25-21(26-14-17)15-4-2-1-3-5-15;6*1-2;/h6-17,27H,1-5H2,(H,25,29);6-16,27H,1-5H2,(H,24,29);6-15,27H,1-5H2,(H,23,29);6*1-2H3;1H4. The van der Waals surface area contributed by atoms with Crippen LogP contribution in [0, 0.1) is 0 Å². The third-order valence-electron chi connectivity index (χ3n) is 17.1. The summed E-state index contributed by atoms with van der Waals surface area (Å²) < 4.78 is 5.96. The second-order valence-electron chi connectivity index (χ2n) is 22.9. The van der Waals surface area contributed by atoms with Gasteiger partial charge in [-0.15, -0.1) is 0 Å². The zero-order chi connectivity index (χ0) is 70.9. The molecule has 0 saturated heterocycles. The van der Waals surface area contributed by atoms with Crippen LogP contribution in [-0.4, -0.2) is 58.1 Å². The predicted octanol–water partition coefficient (Wildman–Crippen LogP) is 21.4. The summed E-state index contributed by atoms with van der Waals surface area (Å²) in [6, 6.07) is 35.5. The Labute approximate surface area is 592 Å². The first-order valence-electron chi connectivity index (χ1n) is 36.5. The molecule has 11 aromatic heterocycles. The van der Waals surface area contributed by atoms with E-state index >= 15 is 0 Å². The second-order valence-corrected chi connectivity index (χ2v) is 22.9. The fourth-order valence-electron chi connectivity index (χ4n) is 12.7. The topological polar surface area (TPSA) is 225 Å². The summed E-state index contributed by atoms with van der Waals surface area (Å²) in [7, 11) is 0. The number of hydrogen-bond donors (Lipinski definition) is 6. The zero-order valence-electron chi connectivity index (χ0n) is 60.4. The number of nitrogens with zero attached hydrogens (tertiary/aromatic N) is 9. The van der Waals surface area contributed by atoms with Crippen LogP contribution in [0.15, 0.2) is 198 Å². The molecular formula is C82H109N15O3. The molecule has 0 bridgehead atoms. The normalized spacial score (nSPS) is 13.3. The average Bonchev–Trinajstić information content (AvgIpc) is 1.18. The quantitative estimate of drug-likeness (QED) is 0.0672. The molecule has 6 N–H and O–H groups in total. The summed E-state index contributed by atoms with van der Waals surface area (Å²) in [5.74, 6) is 2.76. The van der Waals surface area contributed by atoms with Crippen LogP contribution < -0.4 is 32.6 Å². The molecule has 11 heterocycles. The largest absolute Gasteiger partial charge is 0.352 e. The van der Waals surface area contributed by atoms with Gasteiger partial charge in [0.25, 0.3) is 0 Å². The molecule has 530 valence electrons. The Morgan fingerprint density at radius 1 is 0.350 bits per heavy atom. The van der Waals surface area contributed by atoms with Crippen molar-refractivity contribution in [2.24, 2.45) is 0 Å². The number of nitrogens with one attached hydrogen (secondary N) is 6. The van der Waals surface area contributed by atoms with Crippen molar-refractivity contribution in [1.29, 1.82) is 0 Å². The second kappa shape index (κ2) is 41.9. The van der Waals surface area contributed by atoms with E-state index in [1.54, 1.807) is 55.4 Å². The summed E-state index contributed by atoms with van der Waals surface area (Å²) in [6.45, 7) is 24.0. The van der Waals surface area contributed by atoms with E-state index in [9.17, 15) is 14.4 Å². The van der Waals surface area contributed by atoms with Gasteiger partial charge in [-0.2, -0.15) is 0 Å². The van der Waals surface area contributed by atoms with E-state index in [1.807, 2.05) is 188 Å². The number of anilines is 6. The number of H-pyrrole nitrogens is 3. The van der Waals surface area contributed by atoms with Crippen molar-refractivity contribution in [2.45, 2.75) is 205 Å². The number of hydrogen-bond acceptors (Lipinski definition) is 12. The van der Waals surface area contributed by atoms with E-state index in [1.165, 1.54) is 108 Å². The number of rotatable bonds is 12. The molecule has 3 fully saturated rings. The van der Waals surface area contributed by atoms with Gasteiger partial charge in [0.15, 0.2) is 16.9 Å². The van der Waals surface area contributed by atoms with E-state index < -0.39 is 0 Å². The van der Waals surface area contributed by atoms with Crippen LogP contribution in [0.4, 0.5) is 34.1 Å². The van der Waals surface area contributed by atoms with Gasteiger partial charge in [0.05, 0.1) is 64.1 Å². The molecule has 0 amide bonds. The molecule has 3 aliphatic carbocycles. The molecule has 18 nitrogen and oxygen atoms in total. The summed E-state index contributed by atoms with van der Waals surface area (Å²) in [6.07, 6.45) is 41.0. The van der Waals surface area contributed by atoms with Crippen molar-refractivity contribution in [1.82, 2.24) is 58.1 Å². The fraction of sp³-hybridized carbons (Fsp3) is 0.378. The monoisotopic (exact) mass is 1350 g/mol. The van der Waals surface area contributed by atoms with E-state index in [0.29, 0.717) is 17.8 Å². The molecule has 15 rings (SSSR count). The molecule has 0 unspecified atom stereocenters. The van der Waals surface area contributed by atoms with E-state index in [0.717, 1.165) is 90.7 Å². The highest BCUT2D eigenvalue weighted by molar-refractivity contribution is 5.80. The smallest absolute Gasteiger partial charge is 0.248 e. The van der Waals surface area contributed by atoms with Gasteiger partial charge < -0.3 is 30.9 Å². The molecule has 12 aromatic rings. The molecule has 3 saturated carbocycles. The molecule has 0 aliphatic heterocycles. The Morgan fingerprint density at radius 3 is 1.06 bits per heavy atom. The zero-order valence-corrected chi connectivity index (χ0v) is 60.4. The molecular weight excluding hydrogens is 1240 g/mol. The molecule has 18 heteroatoms. The number of fused-ring (bicyclic) bond motifs is 3. The Balaban J connectivity index is 0.000000218. The molecule has 100 heavy (non-hydrogen) atoms. The van der Waals surface area contributed by atoms with Crippen molar-refractivity contribution in [3.63, 3.8) is 0 Å². The van der Waals surface area contributed by atoms with Crippen molar-refractivity contribution >= 4 is 51.1 Å². The van der Waals surface area contributed by atoms with E-state index in [4.69, 9.17) is 4.98 Å². The highest BCUT2D eigenvalue weighted by Crippen LogP contribution is 2.37. The van der Waals surface area contributed by atoms with Crippen LogP contribution in [0.2, 0.25) is 0 Å². The lowest BCUT2D eigenvalue weighted by atomic mass is 9.84. The van der Waals surface area contributed by atoms with Gasteiger partial charge in [-0.05, 0) is 129 Å². The average molecular weight is 1350 g/mol. The predicted molar refractivity (Wildman–Crippen MR) is 419 cm³/mol. The lowest BCUT2D eigenvalue weighted by Gasteiger charge is -2.22. The SMILES string of the molecule is C.CC.CC.CC.CC.CC.CC.O=c1cc(-c2ccc(Nc3ccc(C4CCCCC4)cc3)c3nccn23)cc[nH]1.O=c1cc(-c2ccc(Nc3ccc(C4CCCCC4)nc3)c3nccn23)cc[nH]1.O=c1cc(-c2ccc(Nc3cnc(C4CCCCC4)nc3)c3nccn23)cc[nH]1. The third kappa shape index (κ3) is 20.7. The number of aromatic amines is 3. The first-order chi connectivity index (χ1) is 48.8. The summed E-state index contributed by atoms with van der Waals surface area (Å²) in [5.41, 5.74) is 15.5. The van der Waals surface area contributed by atoms with Gasteiger partial charge in [-0.25, -0.2) is 24.9 Å². The van der Waals surface area contributed by atoms with Crippen molar-refractivity contribution in [3.05, 3.63) is 232 Å². The highest BCUT2D eigenvalue weighted by Gasteiger charge is 2.21. The number of imidazole rings is 3. The molecule has 1 aromatic carbocycles. The third-order valence-corrected chi connectivity index (χ3v) is 17.1. The Kier molecular flexibility index (Phi) is 33.0. The lowest BCUT2D eigenvalue weighted by molar-refractivity contribution is 0.428. The van der Waals surface area contributed by atoms with Crippen molar-refractivity contribution in [3.8, 4) is 33.8 Å². The van der Waals surface area contributed by atoms with E-state index in [-0.39, 0.29) is 24.1 Å². The Bertz CT molecular complexity index is 4020. The Hall–Kier alpha value is -10.2. The van der Waals surface area contributed by atoms with Gasteiger partial charge in [0, 0.05) is 114 Å². The number of pyridine rings is 7. The van der Waals surface area contributed by atoms with Gasteiger partial charge in [0.2, 0.25) is 16.7 Å². The first kappa shape index (κ1) is 78.8. The summed E-state index contributed by atoms with van der Waals surface area (Å²) in [4.78, 5) is 70.5.